The summed E-state index contributed by atoms with van der Waals surface area (Å²) in [6.07, 6.45) is 19.3. The number of aliphatic hydroxyl groups excluding tert-OH is 11. The Balaban J connectivity index is 0.000000219. The topological polar surface area (TPSA) is 456 Å². The molecule has 112 heavy (non-hydrogen) atoms. The number of hydrogen-bond donors (Lipinski definition) is 17. The van der Waals surface area contributed by atoms with Gasteiger partial charge in [-0.1, -0.05) is 32.9 Å². The van der Waals surface area contributed by atoms with Gasteiger partial charge in [-0.15, -0.1) is 65.9 Å². The average Bonchev–Trinajstić information content (AvgIpc) is 1.72. The number of ether oxygens (including phenoxy) is 5. The molecule has 6 fully saturated rings. The zero-order chi connectivity index (χ0) is 84.5. The molecule has 5 amide bonds. The fourth-order valence-corrected chi connectivity index (χ4v) is 18.2. The summed E-state index contributed by atoms with van der Waals surface area (Å²) < 4.78 is 29.6. The first kappa shape index (κ1) is 96.2. The van der Waals surface area contributed by atoms with Crippen LogP contribution in [-0.2, 0) is 47.7 Å². The summed E-state index contributed by atoms with van der Waals surface area (Å²) in [4.78, 5) is 65.5. The van der Waals surface area contributed by atoms with Crippen molar-refractivity contribution in [1.29, 1.82) is 0 Å². The van der Waals surface area contributed by atoms with Crippen molar-refractivity contribution in [3.63, 3.8) is 0 Å². The summed E-state index contributed by atoms with van der Waals surface area (Å²) in [5.74, 6) is -0.400. The maximum atomic E-state index is 12.0. The Morgan fingerprint density at radius 1 is 0.420 bits per heavy atom. The second-order valence-electron chi connectivity index (χ2n) is 33.0. The molecule has 10 aliphatic heterocycles. The fraction of sp³-hybridized carbons (Fsp3) is 0.622. The minimum atomic E-state index is -1.26. The molecule has 634 valence electrons. The highest BCUT2D eigenvalue weighted by atomic mass is 127. The van der Waals surface area contributed by atoms with E-state index in [0.717, 1.165) is 37.0 Å². The first-order chi connectivity index (χ1) is 51.6. The molecule has 0 aromatic rings. The number of nitrogens with two attached hydrogens (primary N) is 1. The number of nitrogens with one attached hydrogen (secondary N) is 5. The van der Waals surface area contributed by atoms with Crippen molar-refractivity contribution in [3.05, 3.63) is 107 Å². The summed E-state index contributed by atoms with van der Waals surface area (Å²) in [5.41, 5.74) is 6.56. The number of nitrogens with zero attached hydrogens (tertiary/aromatic N) is 5. The van der Waals surface area contributed by atoms with Crippen molar-refractivity contribution in [3.8, 4) is 0 Å². The number of amides is 5. The van der Waals surface area contributed by atoms with Gasteiger partial charge in [0.05, 0.1) is 40.3 Å². The van der Waals surface area contributed by atoms with Crippen LogP contribution in [-0.4, -0.2) is 375 Å². The minimum absolute atomic E-state index is 0.0931. The van der Waals surface area contributed by atoms with Gasteiger partial charge < -0.3 is 137 Å². The van der Waals surface area contributed by atoms with Crippen molar-refractivity contribution in [2.75, 3.05) is 111 Å². The lowest BCUT2D eigenvalue weighted by Gasteiger charge is -2.36. The third-order valence-electron chi connectivity index (χ3n) is 19.6. The van der Waals surface area contributed by atoms with E-state index in [1.807, 2.05) is 22.6 Å². The SMILES string of the molecule is C=C1NC(=O)C(C)=CN1[C@@H]1O[C@H](CCP(=C)(C)C)[C@@H](O)[C@H]1O.C=C1NC(=O)C(CCCN)=CN1[C@@H]1O[C@H](CCP(=C)(C)C)[C@@H](O)[C@H]1O.C=C1NC(=O)C(I)=CN1[C@@H]1O[C@H](CCP(=C)(C)C)[C@@H](O)[C@H]1O.C=C1NC(=O)C(O)=CN1[C@@H]1O[C@H](CCP(=C)(C)C)[C@@H](O)[C@H]1O.C=C1NC(=O)CCN1[C@@H]1O[C@H](CCP(=C)(C)C)[C@@H](O)[C@H]1O. The molecule has 10 aliphatic rings. The molecule has 0 saturated carbocycles. The molecule has 0 aliphatic carbocycles. The van der Waals surface area contributed by atoms with Crippen molar-refractivity contribution >= 4 is 118 Å². The minimum Gasteiger partial charge on any atom is -0.502 e. The van der Waals surface area contributed by atoms with Crippen LogP contribution in [0.4, 0.5) is 0 Å². The molecule has 20 atom stereocenters. The summed E-state index contributed by atoms with van der Waals surface area (Å²) in [6.45, 7) is 36.4. The molecule has 0 radical (unpaired) electrons. The summed E-state index contributed by atoms with van der Waals surface area (Å²) >= 11 is 1.90. The standard InChI is InChI=1S/C17H30N3O4P.C15H25N2O4P.C14H22IN2O4P.C14H23N2O5P.C14H25N2O4P/c1-11-19-16(23)12(6-5-8-18)10-20(11)17-15(22)14(21)13(24-17)7-9-25(2,3)4;1-9-8-17(10(2)16-14(9)20)15-13(19)12(18)11(21-15)6-7-22(3,4)5;1-8-16-13(20)9(15)7-17(8)14-12(19)11(18)10(21-14)5-6-22(2,3)4;1-8-15-13(20)9(17)7-16(8)14-12(19)11(18)10(21-14)5-6-22(2,3)4;1-9-15-11(17)5-7-16(9)14-13(19)12(18)10(20-14)6-8-21(2,3)4/h10,13-15,17,21-22H,1-2,5-9,18H2,3-4H3,(H,19,23);8,11-13,15,18-19H,2-3,6-7H2,1,4-5H3,(H,16,20);7,10-12,14,18-19H,1-2,5-6H2,3-4H3,(H,16,20);7,10-12,14,17-19H,1-2,5-6H2,3-4H3,(H,15,20);10,12-14,18-19H,1-2,5-8H2,3-4H3,(H,15,17)/t13-,14-,15-,17-;11-,12-,13-,15-;2*10-,11-,12-,14-;10-,12-,13-,14-/m11111/s1. The second-order valence-corrected chi connectivity index (χ2v) is 55.7. The fourth-order valence-electron chi connectivity index (χ4n) is 13.0. The van der Waals surface area contributed by atoms with E-state index in [0.29, 0.717) is 102 Å². The quantitative estimate of drug-likeness (QED) is 0.0496. The lowest BCUT2D eigenvalue weighted by molar-refractivity contribution is -0.128. The summed E-state index contributed by atoms with van der Waals surface area (Å²) in [5, 5.41) is 125. The number of aliphatic hydroxyl groups is 11. The smallest absolute Gasteiger partial charge is 0.293 e. The first-order valence-corrected chi connectivity index (χ1v) is 53.2. The third kappa shape index (κ3) is 27.0. The summed E-state index contributed by atoms with van der Waals surface area (Å²) in [7, 11) is 0. The van der Waals surface area contributed by atoms with Crippen LogP contribution < -0.4 is 32.3 Å². The highest BCUT2D eigenvalue weighted by Gasteiger charge is 2.52. The van der Waals surface area contributed by atoms with Gasteiger partial charge in [0, 0.05) is 42.7 Å². The Morgan fingerprint density at radius 2 is 0.714 bits per heavy atom. The molecule has 38 heteroatoms. The Hall–Kier alpha value is -4.60. The van der Waals surface area contributed by atoms with Gasteiger partial charge in [-0.3, -0.25) is 24.0 Å². The Labute approximate surface area is 673 Å². The molecule has 0 unspecified atom stereocenters. The Morgan fingerprint density at radius 3 is 1.05 bits per heavy atom. The van der Waals surface area contributed by atoms with Gasteiger partial charge >= 0.3 is 0 Å². The van der Waals surface area contributed by atoms with Crippen LogP contribution in [0.15, 0.2) is 107 Å². The first-order valence-electron chi connectivity index (χ1n) is 36.8. The van der Waals surface area contributed by atoms with Gasteiger partial charge in [0.15, 0.2) is 36.9 Å². The zero-order valence-electron chi connectivity index (χ0n) is 66.5. The third-order valence-corrected chi connectivity index (χ3v) is 27.7. The molecule has 10 rings (SSSR count). The van der Waals surface area contributed by atoms with Crippen LogP contribution in [0.2, 0.25) is 0 Å². The number of hydrogen-bond acceptors (Lipinski definition) is 27. The molecule has 0 aromatic heterocycles. The van der Waals surface area contributed by atoms with E-state index in [9.17, 15) is 80.1 Å². The highest BCUT2D eigenvalue weighted by molar-refractivity contribution is 14.1. The van der Waals surface area contributed by atoms with E-state index in [-0.39, 0.29) is 29.4 Å². The molecule has 0 spiro atoms. The van der Waals surface area contributed by atoms with Gasteiger partial charge in [0.25, 0.3) is 23.6 Å². The van der Waals surface area contributed by atoms with Crippen molar-refractivity contribution in [1.82, 2.24) is 51.1 Å². The molecule has 0 aromatic carbocycles. The molecule has 6 saturated heterocycles. The second kappa shape index (κ2) is 40.2. The summed E-state index contributed by atoms with van der Waals surface area (Å²) in [6, 6.07) is 0. The Kier molecular flexibility index (Phi) is 34.6. The van der Waals surface area contributed by atoms with Gasteiger partial charge in [-0.25, -0.2) is 0 Å². The molecular weight excluding hydrogens is 1660 g/mol. The monoisotopic (exact) mass is 1790 g/mol. The maximum Gasteiger partial charge on any atom is 0.293 e. The van der Waals surface area contributed by atoms with Crippen LogP contribution in [0.5, 0.6) is 0 Å². The van der Waals surface area contributed by atoms with Crippen molar-refractivity contribution < 1.29 is 104 Å². The lowest BCUT2D eigenvalue weighted by atomic mass is 10.1. The van der Waals surface area contributed by atoms with E-state index in [1.54, 1.807) is 45.1 Å². The number of carbonyl (C=O) groups is 5. The molecule has 32 nitrogen and oxygen atoms in total. The number of rotatable bonds is 23. The molecule has 10 heterocycles. The van der Waals surface area contributed by atoms with Crippen LogP contribution in [0.3, 0.4) is 0 Å². The van der Waals surface area contributed by atoms with Gasteiger partial charge in [0.2, 0.25) is 5.91 Å². The molecule has 18 N–H and O–H groups in total. The highest BCUT2D eigenvalue weighted by Crippen LogP contribution is 2.44. The van der Waals surface area contributed by atoms with Gasteiger partial charge in [0.1, 0.15) is 90.1 Å². The van der Waals surface area contributed by atoms with E-state index in [4.69, 9.17) is 29.4 Å². The van der Waals surface area contributed by atoms with Gasteiger partial charge in [-0.2, -0.15) is 0 Å². The Bertz CT molecular complexity index is 3640. The van der Waals surface area contributed by atoms with E-state index in [1.165, 1.54) is 4.90 Å². The van der Waals surface area contributed by atoms with E-state index < -0.39 is 169 Å². The average molecular weight is 1790 g/mol. The number of halogens is 1. The number of carbonyl (C=O) groups excluding carboxylic acids is 5. The predicted molar refractivity (Wildman–Crippen MR) is 458 cm³/mol. The molecular formula is C74H125IN11O21P5. The van der Waals surface area contributed by atoms with E-state index in [2.05, 4.69) is 158 Å². The van der Waals surface area contributed by atoms with E-state index >= 15 is 0 Å². The largest absolute Gasteiger partial charge is 0.502 e. The predicted octanol–water partition coefficient (Wildman–Crippen LogP) is 0.769. The van der Waals surface area contributed by atoms with Crippen molar-refractivity contribution in [2.24, 2.45) is 5.73 Å². The van der Waals surface area contributed by atoms with Crippen LogP contribution in [0.25, 0.3) is 0 Å². The normalized spacial score (nSPS) is 32.6. The van der Waals surface area contributed by atoms with Crippen LogP contribution in [0.1, 0.15) is 58.3 Å². The lowest BCUT2D eigenvalue weighted by Crippen LogP contribution is -2.51. The zero-order valence-corrected chi connectivity index (χ0v) is 73.1. The van der Waals surface area contributed by atoms with Crippen LogP contribution >= 0.6 is 57.0 Å². The molecule has 0 bridgehead atoms. The van der Waals surface area contributed by atoms with Crippen molar-refractivity contribution in [2.45, 2.75) is 181 Å². The maximum absolute atomic E-state index is 12.0. The van der Waals surface area contributed by atoms with Crippen LogP contribution in [0, 0.1) is 0 Å². The van der Waals surface area contributed by atoms with Gasteiger partial charge in [-0.05, 0) is 178 Å².